The summed E-state index contributed by atoms with van der Waals surface area (Å²) in [7, 11) is 0. The minimum absolute atomic E-state index is 0.204. The van der Waals surface area contributed by atoms with Crippen molar-refractivity contribution in [3.05, 3.63) is 49.1 Å². The predicted molar refractivity (Wildman–Crippen MR) is 74.0 cm³/mol. The number of anilines is 1. The number of benzene rings is 1. The van der Waals surface area contributed by atoms with E-state index in [2.05, 4.69) is 25.9 Å². The zero-order valence-electron chi connectivity index (χ0n) is 10.1. The first kappa shape index (κ1) is 14.6. The van der Waals surface area contributed by atoms with E-state index in [-0.39, 0.29) is 17.4 Å². The van der Waals surface area contributed by atoms with E-state index < -0.39 is 21.4 Å². The number of halogens is 1. The quantitative estimate of drug-likeness (QED) is 0.649. The van der Waals surface area contributed by atoms with Crippen molar-refractivity contribution in [2.45, 2.75) is 0 Å². The second-order valence-corrected chi connectivity index (χ2v) is 4.56. The van der Waals surface area contributed by atoms with Gasteiger partial charge in [-0.2, -0.15) is 4.98 Å². The topological polar surface area (TPSA) is 147 Å². The fourth-order valence-corrected chi connectivity index (χ4v) is 1.75. The van der Waals surface area contributed by atoms with Crippen molar-refractivity contribution >= 4 is 33.3 Å². The number of nitrogens with two attached hydrogens (primary N) is 1. The summed E-state index contributed by atoms with van der Waals surface area (Å²) < 4.78 is 5.62. The highest BCUT2D eigenvalue weighted by atomic mass is 79.9. The number of aromatic nitrogens is 2. The van der Waals surface area contributed by atoms with Crippen LogP contribution < -0.4 is 10.5 Å². The molecule has 2 aromatic rings. The third-order valence-electron chi connectivity index (χ3n) is 2.28. The third kappa shape index (κ3) is 3.20. The first-order valence-corrected chi connectivity index (χ1v) is 6.06. The fourth-order valence-electron chi connectivity index (χ4n) is 1.40. The molecule has 0 aliphatic heterocycles. The van der Waals surface area contributed by atoms with E-state index >= 15 is 0 Å². The van der Waals surface area contributed by atoms with Gasteiger partial charge in [-0.15, -0.1) is 0 Å². The smallest absolute Gasteiger partial charge is 0.349 e. The maximum atomic E-state index is 11.0. The fraction of sp³-hybridized carbons (Fsp3) is 0. The molecule has 0 aliphatic carbocycles. The van der Waals surface area contributed by atoms with Crippen LogP contribution in [0.3, 0.4) is 0 Å². The molecule has 2 N–H and O–H groups in total. The molecule has 108 valence electrons. The lowest BCUT2D eigenvalue weighted by molar-refractivity contribution is -0.387. The summed E-state index contributed by atoms with van der Waals surface area (Å²) in [6.07, 6.45) is 0.863. The van der Waals surface area contributed by atoms with Gasteiger partial charge in [-0.25, -0.2) is 4.98 Å². The summed E-state index contributed by atoms with van der Waals surface area (Å²) >= 11 is 3.09. The monoisotopic (exact) mass is 355 g/mol. The number of nitro benzene ring substituents is 1. The predicted octanol–water partition coefficient (Wildman–Crippen LogP) is 2.43. The van der Waals surface area contributed by atoms with Gasteiger partial charge in [-0.3, -0.25) is 20.2 Å². The highest BCUT2D eigenvalue weighted by molar-refractivity contribution is 9.10. The Balaban J connectivity index is 2.50. The van der Waals surface area contributed by atoms with E-state index in [1.807, 2.05) is 0 Å². The van der Waals surface area contributed by atoms with Crippen LogP contribution in [0.4, 0.5) is 17.3 Å². The molecule has 1 heterocycles. The average molecular weight is 356 g/mol. The van der Waals surface area contributed by atoms with E-state index in [0.717, 1.165) is 6.20 Å². The Labute approximate surface area is 125 Å². The molecule has 10 nitrogen and oxygen atoms in total. The van der Waals surface area contributed by atoms with Gasteiger partial charge < -0.3 is 10.5 Å². The van der Waals surface area contributed by atoms with Crippen LogP contribution in [0.5, 0.6) is 11.6 Å². The van der Waals surface area contributed by atoms with Crippen LogP contribution in [0, 0.1) is 20.2 Å². The van der Waals surface area contributed by atoms with Crippen molar-refractivity contribution in [2.24, 2.45) is 0 Å². The Kier molecular flexibility index (Phi) is 3.93. The Morgan fingerprint density at radius 3 is 2.48 bits per heavy atom. The molecule has 0 aliphatic rings. The molecule has 0 atom stereocenters. The van der Waals surface area contributed by atoms with E-state index in [4.69, 9.17) is 10.5 Å². The highest BCUT2D eigenvalue weighted by Crippen LogP contribution is 2.36. The normalized spacial score (nSPS) is 10.1. The van der Waals surface area contributed by atoms with Crippen molar-refractivity contribution in [1.29, 1.82) is 0 Å². The number of hydrogen-bond donors (Lipinski definition) is 1. The molecule has 0 saturated carbocycles. The van der Waals surface area contributed by atoms with Gasteiger partial charge in [-0.1, -0.05) is 15.9 Å². The molecule has 11 heteroatoms. The summed E-state index contributed by atoms with van der Waals surface area (Å²) in [5.41, 5.74) is 4.40. The van der Waals surface area contributed by atoms with Crippen LogP contribution in [0.2, 0.25) is 0 Å². The maximum Gasteiger partial charge on any atom is 0.349 e. The first-order valence-electron chi connectivity index (χ1n) is 5.27. The average Bonchev–Trinajstić information content (AvgIpc) is 2.40. The minimum atomic E-state index is -0.778. The zero-order chi connectivity index (χ0) is 15.6. The molecule has 0 radical (unpaired) electrons. The number of nitrogen functional groups attached to an aromatic ring is 1. The van der Waals surface area contributed by atoms with E-state index in [1.54, 1.807) is 0 Å². The van der Waals surface area contributed by atoms with Crippen LogP contribution in [-0.4, -0.2) is 19.8 Å². The molecule has 0 bridgehead atoms. The van der Waals surface area contributed by atoms with Gasteiger partial charge in [0.2, 0.25) is 11.7 Å². The molecule has 0 saturated heterocycles. The molecule has 0 spiro atoms. The van der Waals surface area contributed by atoms with Crippen LogP contribution in [0.15, 0.2) is 28.9 Å². The molecule has 0 amide bonds. The number of rotatable bonds is 4. The van der Waals surface area contributed by atoms with Gasteiger partial charge >= 0.3 is 17.3 Å². The lowest BCUT2D eigenvalue weighted by atomic mass is 10.3. The highest BCUT2D eigenvalue weighted by Gasteiger charge is 2.23. The molecular weight excluding hydrogens is 350 g/mol. The minimum Gasteiger partial charge on any atom is -0.426 e. The first-order chi connectivity index (χ1) is 9.88. The van der Waals surface area contributed by atoms with Crippen LogP contribution >= 0.6 is 15.9 Å². The molecule has 21 heavy (non-hydrogen) atoms. The van der Waals surface area contributed by atoms with Gasteiger partial charge in [0.05, 0.1) is 9.85 Å². The lowest BCUT2D eigenvalue weighted by Crippen LogP contribution is -2.02. The number of nitro groups is 2. The second kappa shape index (κ2) is 5.66. The van der Waals surface area contributed by atoms with E-state index in [0.29, 0.717) is 4.47 Å². The van der Waals surface area contributed by atoms with Crippen molar-refractivity contribution in [3.8, 4) is 11.6 Å². The molecule has 1 aromatic heterocycles. The van der Waals surface area contributed by atoms with Crippen LogP contribution in [-0.2, 0) is 0 Å². The third-order valence-corrected chi connectivity index (χ3v) is 2.77. The zero-order valence-corrected chi connectivity index (χ0v) is 11.7. The summed E-state index contributed by atoms with van der Waals surface area (Å²) in [5.74, 6) is -0.933. The van der Waals surface area contributed by atoms with Crippen LogP contribution in [0.25, 0.3) is 0 Å². The number of nitrogens with zero attached hydrogens (tertiary/aromatic N) is 4. The van der Waals surface area contributed by atoms with Crippen molar-refractivity contribution < 1.29 is 14.6 Å². The SMILES string of the molecule is Nc1ncc([N+](=O)[O-])c(Oc2ccc(Br)cc2[N+](=O)[O-])n1. The summed E-state index contributed by atoms with van der Waals surface area (Å²) in [5, 5.41) is 21.8. The second-order valence-electron chi connectivity index (χ2n) is 3.65. The summed E-state index contributed by atoms with van der Waals surface area (Å²) in [6, 6.07) is 3.97. The largest absolute Gasteiger partial charge is 0.426 e. The summed E-state index contributed by atoms with van der Waals surface area (Å²) in [4.78, 5) is 27.4. The van der Waals surface area contributed by atoms with Crippen molar-refractivity contribution in [1.82, 2.24) is 9.97 Å². The van der Waals surface area contributed by atoms with Gasteiger partial charge in [0.25, 0.3) is 0 Å². The molecular formula is C10H6BrN5O5. The molecule has 0 unspecified atom stereocenters. The summed E-state index contributed by atoms with van der Waals surface area (Å²) in [6.45, 7) is 0. The van der Waals surface area contributed by atoms with Crippen molar-refractivity contribution in [2.75, 3.05) is 5.73 Å². The van der Waals surface area contributed by atoms with Gasteiger partial charge in [0.1, 0.15) is 6.20 Å². The van der Waals surface area contributed by atoms with Gasteiger partial charge in [0, 0.05) is 10.5 Å². The lowest BCUT2D eigenvalue weighted by Gasteiger charge is -2.06. The van der Waals surface area contributed by atoms with E-state index in [9.17, 15) is 20.2 Å². The standard InChI is InChI=1S/C10H6BrN5O5/c11-5-1-2-8(6(3-5)15(17)18)21-9-7(16(19)20)4-13-10(12)14-9/h1-4H,(H2,12,13,14). The van der Waals surface area contributed by atoms with Crippen molar-refractivity contribution in [3.63, 3.8) is 0 Å². The Bertz CT molecular complexity index is 738. The Morgan fingerprint density at radius 1 is 1.19 bits per heavy atom. The Morgan fingerprint density at radius 2 is 1.86 bits per heavy atom. The molecule has 1 aromatic carbocycles. The number of ether oxygens (including phenoxy) is 1. The van der Waals surface area contributed by atoms with E-state index in [1.165, 1.54) is 18.2 Å². The maximum absolute atomic E-state index is 11.0. The van der Waals surface area contributed by atoms with Gasteiger partial charge in [-0.05, 0) is 12.1 Å². The van der Waals surface area contributed by atoms with Crippen LogP contribution in [0.1, 0.15) is 0 Å². The molecule has 0 fully saturated rings. The molecule has 2 rings (SSSR count). The van der Waals surface area contributed by atoms with Gasteiger partial charge in [0.15, 0.2) is 0 Å². The Hall–Kier alpha value is -2.82. The number of hydrogen-bond acceptors (Lipinski definition) is 8.